The van der Waals surface area contributed by atoms with Crippen LogP contribution in [0, 0.1) is 0 Å². The maximum Gasteiger partial charge on any atom is 0.416 e. The number of halogens is 6. The SMILES string of the molecule is O=C(NCc1cc(C(F)(F)F)ccn1)c1cn(CCCCn2cc(C(O)NCc3cc(C(F)(I)I)ccn3)nn2)nn1. The lowest BCUT2D eigenvalue weighted by Gasteiger charge is -2.13. The molecule has 0 radical (unpaired) electrons. The van der Waals surface area contributed by atoms with Crippen LogP contribution >= 0.6 is 45.2 Å². The third kappa shape index (κ3) is 9.33. The van der Waals surface area contributed by atoms with Gasteiger partial charge >= 0.3 is 6.18 Å². The van der Waals surface area contributed by atoms with Crippen molar-refractivity contribution in [3.8, 4) is 0 Å². The first kappa shape index (κ1) is 32.1. The van der Waals surface area contributed by atoms with Crippen molar-refractivity contribution in [2.45, 2.75) is 53.1 Å². The summed E-state index contributed by atoms with van der Waals surface area (Å²) in [7, 11) is 0. The molecule has 0 aliphatic heterocycles. The van der Waals surface area contributed by atoms with Gasteiger partial charge in [0.25, 0.3) is 5.91 Å². The van der Waals surface area contributed by atoms with Gasteiger partial charge in [-0.05, 0) is 82.3 Å². The lowest BCUT2D eigenvalue weighted by molar-refractivity contribution is -0.137. The standard InChI is InChI=1S/C24H24F4I2N10O2/c25-23(26,27)15-3-5-31-17(9-15)11-33-21(41)19-13-39(37-35-19)7-1-2-8-40-14-20(36-38-40)22(42)34-12-18-10-16(4-6-32-18)24(28,29)30/h3-6,9-10,13-14,22,34,42H,1-2,7-8,11-12H2,(H,33,41). The van der Waals surface area contributed by atoms with E-state index in [1.807, 2.05) is 0 Å². The molecule has 1 amide bonds. The third-order valence-electron chi connectivity index (χ3n) is 5.83. The molecule has 3 N–H and O–H groups in total. The van der Waals surface area contributed by atoms with E-state index in [2.05, 4.69) is 41.2 Å². The highest BCUT2D eigenvalue weighted by atomic mass is 127. The van der Waals surface area contributed by atoms with Crippen LogP contribution in [0.3, 0.4) is 0 Å². The maximum absolute atomic E-state index is 14.1. The molecule has 1 unspecified atom stereocenters. The molecule has 0 fully saturated rings. The van der Waals surface area contributed by atoms with Gasteiger partial charge in [0.15, 0.2) is 11.9 Å². The summed E-state index contributed by atoms with van der Waals surface area (Å²) >= 11 is 3.38. The Hall–Kier alpha value is -2.85. The van der Waals surface area contributed by atoms with Gasteiger partial charge in [-0.25, -0.2) is 4.39 Å². The summed E-state index contributed by atoms with van der Waals surface area (Å²) in [6.45, 7) is 0.979. The average Bonchev–Trinajstić information content (AvgIpc) is 3.62. The van der Waals surface area contributed by atoms with Crippen molar-refractivity contribution < 1.29 is 27.5 Å². The van der Waals surface area contributed by atoms with Crippen molar-refractivity contribution >= 4 is 51.1 Å². The molecule has 224 valence electrons. The first-order valence-electron chi connectivity index (χ1n) is 12.4. The second-order valence-corrected chi connectivity index (χ2v) is 14.1. The number of aromatic nitrogens is 8. The van der Waals surface area contributed by atoms with Crippen molar-refractivity contribution in [1.29, 1.82) is 0 Å². The number of aliphatic hydroxyl groups is 1. The number of pyridine rings is 2. The van der Waals surface area contributed by atoms with Gasteiger partial charge < -0.3 is 10.4 Å². The summed E-state index contributed by atoms with van der Waals surface area (Å²) in [4.78, 5) is 20.4. The molecular formula is C24H24F4I2N10O2. The Kier molecular flexibility index (Phi) is 10.8. The maximum atomic E-state index is 14.1. The number of hydrogen-bond donors (Lipinski definition) is 3. The zero-order valence-corrected chi connectivity index (χ0v) is 26.0. The van der Waals surface area contributed by atoms with Crippen LogP contribution in [0.2, 0.25) is 0 Å². The molecule has 0 saturated heterocycles. The molecule has 1 atom stereocenters. The predicted molar refractivity (Wildman–Crippen MR) is 157 cm³/mol. The highest BCUT2D eigenvalue weighted by Gasteiger charge is 2.30. The Balaban J connectivity index is 1.18. The molecular weight excluding hydrogens is 790 g/mol. The summed E-state index contributed by atoms with van der Waals surface area (Å²) in [5.74, 6) is -0.586. The smallest absolute Gasteiger partial charge is 0.373 e. The Morgan fingerprint density at radius 2 is 1.50 bits per heavy atom. The van der Waals surface area contributed by atoms with Crippen molar-refractivity contribution in [3.05, 3.63) is 83.0 Å². The molecule has 0 saturated carbocycles. The summed E-state index contributed by atoms with van der Waals surface area (Å²) in [6, 6.07) is 4.95. The van der Waals surface area contributed by atoms with E-state index in [9.17, 15) is 27.5 Å². The van der Waals surface area contributed by atoms with E-state index >= 15 is 0 Å². The molecule has 4 aromatic heterocycles. The van der Waals surface area contributed by atoms with E-state index < -0.39 is 25.6 Å². The van der Waals surface area contributed by atoms with Crippen LogP contribution in [0.15, 0.2) is 49.1 Å². The second kappa shape index (κ2) is 14.1. The fourth-order valence-electron chi connectivity index (χ4n) is 3.68. The van der Waals surface area contributed by atoms with Crippen molar-refractivity contribution in [2.24, 2.45) is 0 Å². The van der Waals surface area contributed by atoms with Crippen LogP contribution < -0.4 is 10.6 Å². The first-order valence-corrected chi connectivity index (χ1v) is 14.6. The molecule has 0 aliphatic carbocycles. The summed E-state index contributed by atoms with van der Waals surface area (Å²) in [5, 5.41) is 31.5. The van der Waals surface area contributed by atoms with Gasteiger partial charge in [0.1, 0.15) is 5.69 Å². The number of carbonyl (C=O) groups is 1. The number of carbonyl (C=O) groups excluding carboxylic acids is 1. The van der Waals surface area contributed by atoms with Gasteiger partial charge in [0, 0.05) is 37.6 Å². The van der Waals surface area contributed by atoms with E-state index in [-0.39, 0.29) is 24.5 Å². The van der Waals surface area contributed by atoms with Crippen LogP contribution in [-0.2, 0) is 34.0 Å². The average molecular weight is 814 g/mol. The van der Waals surface area contributed by atoms with Crippen LogP contribution in [0.25, 0.3) is 0 Å². The van der Waals surface area contributed by atoms with Crippen LogP contribution in [0.1, 0.15) is 57.8 Å². The zero-order valence-electron chi connectivity index (χ0n) is 21.6. The van der Waals surface area contributed by atoms with E-state index in [4.69, 9.17) is 0 Å². The number of nitrogens with one attached hydrogen (secondary N) is 2. The van der Waals surface area contributed by atoms with E-state index in [0.717, 1.165) is 18.3 Å². The minimum absolute atomic E-state index is 0.0268. The van der Waals surface area contributed by atoms with Crippen LogP contribution in [0.5, 0.6) is 0 Å². The Morgan fingerprint density at radius 1 is 0.905 bits per heavy atom. The van der Waals surface area contributed by atoms with Crippen molar-refractivity contribution in [2.75, 3.05) is 0 Å². The first-order chi connectivity index (χ1) is 19.9. The molecule has 4 aromatic rings. The number of rotatable bonds is 13. The quantitative estimate of drug-likeness (QED) is 0.0603. The highest BCUT2D eigenvalue weighted by molar-refractivity contribution is 14.2. The monoisotopic (exact) mass is 814 g/mol. The third-order valence-corrected chi connectivity index (χ3v) is 7.07. The number of aryl methyl sites for hydroxylation is 2. The van der Waals surface area contributed by atoms with E-state index in [0.29, 0.717) is 42.9 Å². The predicted octanol–water partition coefficient (Wildman–Crippen LogP) is 3.82. The Bertz CT molecular complexity index is 1490. The van der Waals surface area contributed by atoms with E-state index in [1.54, 1.807) is 68.2 Å². The highest BCUT2D eigenvalue weighted by Crippen LogP contribution is 2.40. The van der Waals surface area contributed by atoms with Gasteiger partial charge in [0.05, 0.1) is 35.9 Å². The summed E-state index contributed by atoms with van der Waals surface area (Å²) in [5.41, 5.74) is 0.596. The fourth-order valence-corrected chi connectivity index (χ4v) is 4.35. The van der Waals surface area contributed by atoms with Crippen molar-refractivity contribution in [1.82, 2.24) is 50.6 Å². The van der Waals surface area contributed by atoms with E-state index in [1.165, 1.54) is 17.1 Å². The summed E-state index contributed by atoms with van der Waals surface area (Å²) < 4.78 is 54.2. The van der Waals surface area contributed by atoms with Crippen molar-refractivity contribution in [3.63, 3.8) is 0 Å². The topological polar surface area (TPSA) is 149 Å². The lowest BCUT2D eigenvalue weighted by Crippen LogP contribution is -2.24. The molecule has 0 aliphatic rings. The number of aliphatic hydroxyl groups excluding tert-OH is 1. The molecule has 4 rings (SSSR count). The van der Waals surface area contributed by atoms with Crippen LogP contribution in [-0.4, -0.2) is 51.0 Å². The van der Waals surface area contributed by atoms with Gasteiger partial charge in [-0.1, -0.05) is 10.4 Å². The summed E-state index contributed by atoms with van der Waals surface area (Å²) in [6.07, 6.45) is 1.36. The second-order valence-electron chi connectivity index (χ2n) is 9.01. The number of nitrogens with zero attached hydrogens (tertiary/aromatic N) is 8. The molecule has 0 spiro atoms. The molecule has 0 aromatic carbocycles. The fraction of sp³-hybridized carbons (Fsp3) is 0.375. The molecule has 18 heteroatoms. The zero-order chi connectivity index (χ0) is 30.3. The van der Waals surface area contributed by atoms with Gasteiger partial charge in [0.2, 0.25) is 1.68 Å². The lowest BCUT2D eigenvalue weighted by atomic mass is 10.2. The van der Waals surface area contributed by atoms with Gasteiger partial charge in [-0.15, -0.1) is 10.2 Å². The Labute approximate surface area is 264 Å². The molecule has 12 nitrogen and oxygen atoms in total. The molecule has 0 bridgehead atoms. The molecule has 42 heavy (non-hydrogen) atoms. The number of amides is 1. The number of hydrogen-bond acceptors (Lipinski definition) is 9. The number of unbranched alkanes of at least 4 members (excludes halogenated alkanes) is 1. The number of alkyl halides is 6. The minimum atomic E-state index is -4.50. The Morgan fingerprint density at radius 3 is 2.17 bits per heavy atom. The minimum Gasteiger partial charge on any atom is -0.373 e. The van der Waals surface area contributed by atoms with Crippen LogP contribution in [0.4, 0.5) is 17.6 Å². The largest absolute Gasteiger partial charge is 0.416 e. The molecule has 4 heterocycles. The van der Waals surface area contributed by atoms with Gasteiger partial charge in [-0.3, -0.25) is 29.4 Å². The normalized spacial score (nSPS) is 12.8. The van der Waals surface area contributed by atoms with Gasteiger partial charge in [-0.2, -0.15) is 13.2 Å².